The maximum absolute atomic E-state index is 11.7. The van der Waals surface area contributed by atoms with Crippen molar-refractivity contribution in [3.05, 3.63) is 47.5 Å². The molecule has 0 saturated heterocycles. The standard InChI is InChI=1S/C22H28O4/c1-3-5-10-21(23)25-15-17-12-13-20-18(14-17)8-7-9-19(20)16-26-22(24)11-6-4-2/h7-9,12-14H,3-6,10-11,15-16H2,1-2H3. The van der Waals surface area contributed by atoms with Crippen LogP contribution in [0.1, 0.15) is 63.5 Å². The number of carbonyl (C=O) groups excluding carboxylic acids is 2. The van der Waals surface area contributed by atoms with Crippen molar-refractivity contribution in [2.24, 2.45) is 0 Å². The minimum atomic E-state index is -0.153. The predicted octanol–water partition coefficient (Wildman–Crippen LogP) is 5.31. The van der Waals surface area contributed by atoms with E-state index in [2.05, 4.69) is 13.8 Å². The molecule has 2 aromatic rings. The van der Waals surface area contributed by atoms with E-state index >= 15 is 0 Å². The van der Waals surface area contributed by atoms with Gasteiger partial charge in [0.15, 0.2) is 0 Å². The van der Waals surface area contributed by atoms with E-state index in [-0.39, 0.29) is 25.2 Å². The zero-order valence-electron chi connectivity index (χ0n) is 15.8. The van der Waals surface area contributed by atoms with Gasteiger partial charge < -0.3 is 9.47 Å². The van der Waals surface area contributed by atoms with Crippen LogP contribution in [0.5, 0.6) is 0 Å². The van der Waals surface area contributed by atoms with Crippen molar-refractivity contribution in [1.82, 2.24) is 0 Å². The lowest BCUT2D eigenvalue weighted by atomic mass is 10.0. The van der Waals surface area contributed by atoms with Crippen LogP contribution < -0.4 is 0 Å². The van der Waals surface area contributed by atoms with E-state index in [1.807, 2.05) is 36.4 Å². The molecule has 4 nitrogen and oxygen atoms in total. The van der Waals surface area contributed by atoms with Crippen molar-refractivity contribution in [1.29, 1.82) is 0 Å². The molecule has 0 N–H and O–H groups in total. The summed E-state index contributed by atoms with van der Waals surface area (Å²) in [5, 5.41) is 2.10. The number of esters is 2. The number of benzene rings is 2. The normalized spacial score (nSPS) is 10.7. The van der Waals surface area contributed by atoms with Gasteiger partial charge in [-0.25, -0.2) is 0 Å². The number of rotatable bonds is 10. The van der Waals surface area contributed by atoms with Gasteiger partial charge in [-0.3, -0.25) is 9.59 Å². The molecule has 0 aliphatic heterocycles. The molecule has 0 atom stereocenters. The molecule has 2 rings (SSSR count). The Bertz CT molecular complexity index is 736. The molecule has 0 unspecified atom stereocenters. The van der Waals surface area contributed by atoms with Crippen LogP contribution in [0.15, 0.2) is 36.4 Å². The van der Waals surface area contributed by atoms with Crippen molar-refractivity contribution < 1.29 is 19.1 Å². The summed E-state index contributed by atoms with van der Waals surface area (Å²) in [6, 6.07) is 11.9. The van der Waals surface area contributed by atoms with Crippen LogP contribution in [-0.2, 0) is 32.3 Å². The van der Waals surface area contributed by atoms with Crippen LogP contribution in [0, 0.1) is 0 Å². The van der Waals surface area contributed by atoms with Crippen LogP contribution in [0.3, 0.4) is 0 Å². The third-order valence-corrected chi connectivity index (χ3v) is 4.29. The third-order valence-electron chi connectivity index (χ3n) is 4.29. The zero-order chi connectivity index (χ0) is 18.8. The van der Waals surface area contributed by atoms with Crippen molar-refractivity contribution in [3.8, 4) is 0 Å². The van der Waals surface area contributed by atoms with Gasteiger partial charge in [-0.15, -0.1) is 0 Å². The monoisotopic (exact) mass is 356 g/mol. The molecule has 0 radical (unpaired) electrons. The van der Waals surface area contributed by atoms with Crippen molar-refractivity contribution >= 4 is 22.7 Å². The second-order valence-electron chi connectivity index (χ2n) is 6.50. The van der Waals surface area contributed by atoms with Crippen LogP contribution >= 0.6 is 0 Å². The molecule has 0 aliphatic rings. The van der Waals surface area contributed by atoms with Crippen LogP contribution in [0.25, 0.3) is 10.8 Å². The smallest absolute Gasteiger partial charge is 0.306 e. The first-order valence-corrected chi connectivity index (χ1v) is 9.45. The quantitative estimate of drug-likeness (QED) is 0.542. The molecule has 0 saturated carbocycles. The highest BCUT2D eigenvalue weighted by Crippen LogP contribution is 2.22. The van der Waals surface area contributed by atoms with Gasteiger partial charge in [0, 0.05) is 12.8 Å². The molecular weight excluding hydrogens is 328 g/mol. The van der Waals surface area contributed by atoms with Crippen LogP contribution in [-0.4, -0.2) is 11.9 Å². The molecule has 140 valence electrons. The summed E-state index contributed by atoms with van der Waals surface area (Å²) in [5.41, 5.74) is 1.94. The predicted molar refractivity (Wildman–Crippen MR) is 103 cm³/mol. The Hall–Kier alpha value is -2.36. The van der Waals surface area contributed by atoms with E-state index in [9.17, 15) is 9.59 Å². The number of unbranched alkanes of at least 4 members (excludes halogenated alkanes) is 2. The molecule has 0 aromatic heterocycles. The molecule has 0 heterocycles. The van der Waals surface area contributed by atoms with Crippen LogP contribution in [0.2, 0.25) is 0 Å². The van der Waals surface area contributed by atoms with E-state index in [1.54, 1.807) is 0 Å². The van der Waals surface area contributed by atoms with Gasteiger partial charge in [0.25, 0.3) is 0 Å². The van der Waals surface area contributed by atoms with Gasteiger partial charge in [-0.2, -0.15) is 0 Å². The second-order valence-corrected chi connectivity index (χ2v) is 6.50. The fourth-order valence-corrected chi connectivity index (χ4v) is 2.72. The van der Waals surface area contributed by atoms with Crippen LogP contribution in [0.4, 0.5) is 0 Å². The van der Waals surface area contributed by atoms with Crippen molar-refractivity contribution in [2.75, 3.05) is 0 Å². The van der Waals surface area contributed by atoms with E-state index < -0.39 is 0 Å². The molecule has 0 bridgehead atoms. The number of ether oxygens (including phenoxy) is 2. The average molecular weight is 356 g/mol. The molecule has 0 amide bonds. The summed E-state index contributed by atoms with van der Waals surface area (Å²) in [5.74, 6) is -0.306. The lowest BCUT2D eigenvalue weighted by Crippen LogP contribution is -2.05. The minimum Gasteiger partial charge on any atom is -0.461 e. The summed E-state index contributed by atoms with van der Waals surface area (Å²) < 4.78 is 10.7. The number of hydrogen-bond acceptors (Lipinski definition) is 4. The van der Waals surface area contributed by atoms with Gasteiger partial charge in [-0.1, -0.05) is 57.0 Å². The topological polar surface area (TPSA) is 52.6 Å². The Kier molecular flexibility index (Phi) is 8.13. The second kappa shape index (κ2) is 10.6. The average Bonchev–Trinajstić information content (AvgIpc) is 2.67. The molecule has 4 heteroatoms. The van der Waals surface area contributed by atoms with Gasteiger partial charge in [-0.05, 0) is 40.8 Å². The fourth-order valence-electron chi connectivity index (χ4n) is 2.72. The molecule has 0 aliphatic carbocycles. The first-order valence-electron chi connectivity index (χ1n) is 9.45. The zero-order valence-corrected chi connectivity index (χ0v) is 15.8. The molecular formula is C22H28O4. The maximum atomic E-state index is 11.7. The van der Waals surface area contributed by atoms with Crippen molar-refractivity contribution in [2.45, 2.75) is 65.6 Å². The molecule has 2 aromatic carbocycles. The number of fused-ring (bicyclic) bond motifs is 1. The highest BCUT2D eigenvalue weighted by molar-refractivity contribution is 5.86. The SMILES string of the molecule is CCCCC(=O)OCc1ccc2c(COC(=O)CCCC)cccc2c1. The summed E-state index contributed by atoms with van der Waals surface area (Å²) in [4.78, 5) is 23.4. The minimum absolute atomic E-state index is 0.153. The van der Waals surface area contributed by atoms with E-state index in [0.29, 0.717) is 12.8 Å². The van der Waals surface area contributed by atoms with E-state index in [4.69, 9.17) is 9.47 Å². The van der Waals surface area contributed by atoms with Gasteiger partial charge in [0.1, 0.15) is 13.2 Å². The Labute approximate surface area is 155 Å². The largest absolute Gasteiger partial charge is 0.461 e. The number of carbonyl (C=O) groups is 2. The third kappa shape index (κ3) is 6.17. The van der Waals surface area contributed by atoms with E-state index in [1.165, 1.54) is 0 Å². The molecule has 26 heavy (non-hydrogen) atoms. The molecule has 0 spiro atoms. The summed E-state index contributed by atoms with van der Waals surface area (Å²) in [6.07, 6.45) is 4.62. The lowest BCUT2D eigenvalue weighted by molar-refractivity contribution is -0.145. The Morgan fingerprint density at radius 2 is 1.50 bits per heavy atom. The Balaban J connectivity index is 1.99. The first kappa shape index (κ1) is 20.0. The Morgan fingerprint density at radius 3 is 2.15 bits per heavy atom. The van der Waals surface area contributed by atoms with E-state index in [0.717, 1.165) is 47.6 Å². The number of hydrogen-bond donors (Lipinski definition) is 0. The summed E-state index contributed by atoms with van der Waals surface area (Å²) in [6.45, 7) is 4.67. The Morgan fingerprint density at radius 1 is 0.846 bits per heavy atom. The summed E-state index contributed by atoms with van der Waals surface area (Å²) >= 11 is 0. The van der Waals surface area contributed by atoms with Gasteiger partial charge in [0.2, 0.25) is 0 Å². The first-order chi connectivity index (χ1) is 12.6. The van der Waals surface area contributed by atoms with Crippen molar-refractivity contribution in [3.63, 3.8) is 0 Å². The summed E-state index contributed by atoms with van der Waals surface area (Å²) in [7, 11) is 0. The fraction of sp³-hybridized carbons (Fsp3) is 0.455. The molecule has 0 fully saturated rings. The van der Waals surface area contributed by atoms with Gasteiger partial charge >= 0.3 is 11.9 Å². The highest BCUT2D eigenvalue weighted by Gasteiger charge is 2.07. The van der Waals surface area contributed by atoms with Gasteiger partial charge in [0.05, 0.1) is 0 Å². The highest BCUT2D eigenvalue weighted by atomic mass is 16.5. The maximum Gasteiger partial charge on any atom is 0.306 e. The lowest BCUT2D eigenvalue weighted by Gasteiger charge is -2.10.